The van der Waals surface area contributed by atoms with Gasteiger partial charge in [0.05, 0.1) is 19.5 Å². The minimum atomic E-state index is -4.03. The van der Waals surface area contributed by atoms with E-state index in [-0.39, 0.29) is 16.6 Å². The number of amides is 1. The van der Waals surface area contributed by atoms with Gasteiger partial charge in [-0.15, -0.1) is 0 Å². The molecular weight excluding hydrogens is 628 g/mol. The van der Waals surface area contributed by atoms with Gasteiger partial charge in [-0.3, -0.25) is 4.79 Å². The van der Waals surface area contributed by atoms with Crippen molar-refractivity contribution in [2.24, 2.45) is 4.99 Å². The van der Waals surface area contributed by atoms with E-state index in [4.69, 9.17) is 15.8 Å². The highest BCUT2D eigenvalue weighted by atomic mass is 79.9. The zero-order chi connectivity index (χ0) is 24.5. The first-order valence-corrected chi connectivity index (χ1v) is 13.8. The van der Waals surface area contributed by atoms with Gasteiger partial charge in [0.1, 0.15) is 4.90 Å². The molecule has 0 radical (unpaired) electrons. The van der Waals surface area contributed by atoms with Gasteiger partial charge in [0, 0.05) is 5.02 Å². The summed E-state index contributed by atoms with van der Waals surface area (Å²) in [5.74, 6) is -0.177. The summed E-state index contributed by atoms with van der Waals surface area (Å²) < 4.78 is 31.5. The molecule has 34 heavy (non-hydrogen) atoms. The van der Waals surface area contributed by atoms with E-state index in [2.05, 4.69) is 42.2 Å². The molecule has 1 fully saturated rings. The van der Waals surface area contributed by atoms with Crippen molar-refractivity contribution in [3.8, 4) is 5.75 Å². The van der Waals surface area contributed by atoms with Crippen LogP contribution in [0, 0.1) is 6.92 Å². The number of carbonyl (C=O) groups is 1. The lowest BCUT2D eigenvalue weighted by Crippen LogP contribution is -2.19. The summed E-state index contributed by atoms with van der Waals surface area (Å²) in [5.41, 5.74) is 2.26. The topological polar surface area (TPSA) is 84.8 Å². The van der Waals surface area contributed by atoms with Crippen LogP contribution < -0.4 is 9.50 Å². The normalized spacial score (nSPS) is 16.2. The molecule has 6 nitrogen and oxygen atoms in total. The number of hydrogen-bond acceptors (Lipinski definition) is 6. The van der Waals surface area contributed by atoms with E-state index in [0.29, 0.717) is 35.3 Å². The maximum absolute atomic E-state index is 12.7. The number of hydrogen-bond donors (Lipinski definition) is 1. The van der Waals surface area contributed by atoms with Crippen LogP contribution in [0.5, 0.6) is 5.75 Å². The molecule has 11 heteroatoms. The number of thioether (sulfide) groups is 1. The van der Waals surface area contributed by atoms with Gasteiger partial charge in [0.15, 0.2) is 10.9 Å². The van der Waals surface area contributed by atoms with E-state index in [1.165, 1.54) is 23.9 Å². The van der Waals surface area contributed by atoms with E-state index in [0.717, 1.165) is 5.56 Å². The van der Waals surface area contributed by atoms with Gasteiger partial charge in [-0.2, -0.15) is 8.42 Å². The van der Waals surface area contributed by atoms with Crippen molar-refractivity contribution in [1.82, 2.24) is 5.32 Å². The zero-order valence-corrected chi connectivity index (χ0v) is 22.9. The Morgan fingerprint density at radius 3 is 2.26 bits per heavy atom. The van der Waals surface area contributed by atoms with Crippen molar-refractivity contribution in [1.29, 1.82) is 0 Å². The van der Waals surface area contributed by atoms with Gasteiger partial charge in [-0.1, -0.05) is 29.3 Å². The first kappa shape index (κ1) is 25.0. The lowest BCUT2D eigenvalue weighted by molar-refractivity contribution is -0.115. The summed E-state index contributed by atoms with van der Waals surface area (Å²) in [6.45, 7) is 1.87. The summed E-state index contributed by atoms with van der Waals surface area (Å²) in [6, 6.07) is 16.7. The van der Waals surface area contributed by atoms with Gasteiger partial charge >= 0.3 is 10.1 Å². The highest BCUT2D eigenvalue weighted by Gasteiger charge is 2.25. The molecule has 0 atom stereocenters. The Balaban J connectivity index is 1.56. The Morgan fingerprint density at radius 1 is 1.03 bits per heavy atom. The second-order valence-corrected chi connectivity index (χ2v) is 11.8. The number of aryl methyl sites for hydroxylation is 1. The number of halogens is 3. The largest absolute Gasteiger partial charge is 0.377 e. The van der Waals surface area contributed by atoms with E-state index in [9.17, 15) is 13.2 Å². The molecule has 1 saturated heterocycles. The van der Waals surface area contributed by atoms with E-state index >= 15 is 0 Å². The van der Waals surface area contributed by atoms with E-state index in [1.807, 2.05) is 6.92 Å². The average molecular weight is 643 g/mol. The van der Waals surface area contributed by atoms with Crippen LogP contribution in [-0.2, 0) is 14.9 Å². The molecule has 0 saturated carbocycles. The summed E-state index contributed by atoms with van der Waals surface area (Å²) in [5, 5.41) is 3.77. The number of aliphatic imine (C=N–C) groups is 1. The van der Waals surface area contributed by atoms with Crippen molar-refractivity contribution in [3.05, 3.63) is 90.7 Å². The molecule has 174 valence electrons. The number of amidine groups is 1. The van der Waals surface area contributed by atoms with Crippen LogP contribution in [0.2, 0.25) is 5.02 Å². The van der Waals surface area contributed by atoms with E-state index in [1.54, 1.807) is 54.6 Å². The van der Waals surface area contributed by atoms with Gasteiger partial charge in [0.25, 0.3) is 5.91 Å². The average Bonchev–Trinajstić information content (AvgIpc) is 3.11. The highest BCUT2D eigenvalue weighted by Crippen LogP contribution is 2.38. The molecule has 1 aliphatic rings. The van der Waals surface area contributed by atoms with Gasteiger partial charge in [0.2, 0.25) is 0 Å². The molecule has 0 spiro atoms. The number of benzene rings is 3. The molecule has 3 aromatic carbocycles. The number of rotatable bonds is 5. The minimum Gasteiger partial charge on any atom is -0.377 e. The Hall–Kier alpha value is -2.11. The quantitative estimate of drug-likeness (QED) is 0.244. The van der Waals surface area contributed by atoms with Crippen molar-refractivity contribution in [2.75, 3.05) is 0 Å². The standard InChI is InChI=1S/C23H15Br2ClN2O4S2/c1-13-2-8-17(9-3-13)34(30,31)32-21-18(24)10-14(11-19(21)25)12-20-22(29)28-23(33-20)27-16-6-4-15(26)5-7-16/h2-12H,1H3,(H,27,28,29)/b20-12-. The molecule has 1 aliphatic heterocycles. The van der Waals surface area contributed by atoms with Crippen LogP contribution in [0.3, 0.4) is 0 Å². The van der Waals surface area contributed by atoms with Crippen LogP contribution >= 0.6 is 55.2 Å². The second kappa shape index (κ2) is 10.2. The highest BCUT2D eigenvalue weighted by molar-refractivity contribution is 9.11. The smallest absolute Gasteiger partial charge is 0.339 e. The van der Waals surface area contributed by atoms with Gasteiger partial charge in [-0.25, -0.2) is 4.99 Å². The fraction of sp³-hybridized carbons (Fsp3) is 0.0435. The SMILES string of the molecule is Cc1ccc(S(=O)(=O)Oc2c(Br)cc(/C=C3\SC(=Nc4ccc(Cl)cc4)NC3=O)cc2Br)cc1. The van der Waals surface area contributed by atoms with Crippen molar-refractivity contribution in [2.45, 2.75) is 11.8 Å². The maximum Gasteiger partial charge on any atom is 0.339 e. The summed E-state index contributed by atoms with van der Waals surface area (Å²) in [7, 11) is -4.03. The first-order valence-electron chi connectivity index (χ1n) is 9.66. The number of nitrogens with one attached hydrogen (secondary N) is 1. The molecule has 0 unspecified atom stereocenters. The third-order valence-electron chi connectivity index (χ3n) is 4.53. The second-order valence-electron chi connectivity index (χ2n) is 7.12. The maximum atomic E-state index is 12.7. The Bertz CT molecular complexity index is 1420. The Morgan fingerprint density at radius 2 is 1.65 bits per heavy atom. The molecule has 1 heterocycles. The summed E-state index contributed by atoms with van der Waals surface area (Å²) in [6.07, 6.45) is 1.68. The number of carbonyl (C=O) groups excluding carboxylic acids is 1. The molecule has 3 aromatic rings. The molecule has 0 aromatic heterocycles. The molecule has 1 amide bonds. The predicted octanol–water partition coefficient (Wildman–Crippen LogP) is 6.83. The van der Waals surface area contributed by atoms with Crippen LogP contribution in [0.4, 0.5) is 5.69 Å². The van der Waals surface area contributed by atoms with Crippen LogP contribution in [-0.4, -0.2) is 19.5 Å². The predicted molar refractivity (Wildman–Crippen MR) is 143 cm³/mol. The minimum absolute atomic E-state index is 0.0506. The fourth-order valence-corrected chi connectivity index (χ4v) is 6.40. The Labute approximate surface area is 222 Å². The molecule has 0 aliphatic carbocycles. The van der Waals surface area contributed by atoms with Gasteiger partial charge in [-0.05, 0) is 111 Å². The third kappa shape index (κ3) is 5.92. The van der Waals surface area contributed by atoms with Crippen molar-refractivity contribution >= 4 is 88.2 Å². The molecule has 4 rings (SSSR count). The molecule has 1 N–H and O–H groups in total. The summed E-state index contributed by atoms with van der Waals surface area (Å²) >= 11 is 13.8. The van der Waals surface area contributed by atoms with Crippen LogP contribution in [0.15, 0.2) is 84.4 Å². The summed E-state index contributed by atoms with van der Waals surface area (Å²) in [4.78, 5) is 17.3. The molecular formula is C23H15Br2ClN2O4S2. The van der Waals surface area contributed by atoms with Crippen LogP contribution in [0.25, 0.3) is 6.08 Å². The lowest BCUT2D eigenvalue weighted by atomic mass is 10.2. The lowest BCUT2D eigenvalue weighted by Gasteiger charge is -2.11. The monoisotopic (exact) mass is 640 g/mol. The first-order chi connectivity index (χ1) is 16.1. The van der Waals surface area contributed by atoms with Crippen molar-refractivity contribution < 1.29 is 17.4 Å². The third-order valence-corrected chi connectivity index (χ3v) is 8.10. The van der Waals surface area contributed by atoms with Gasteiger partial charge < -0.3 is 9.50 Å². The fourth-order valence-electron chi connectivity index (χ4n) is 2.87. The van der Waals surface area contributed by atoms with Crippen LogP contribution in [0.1, 0.15) is 11.1 Å². The van der Waals surface area contributed by atoms with Crippen molar-refractivity contribution in [3.63, 3.8) is 0 Å². The Kier molecular flexibility index (Phi) is 7.54. The zero-order valence-electron chi connectivity index (χ0n) is 17.4. The molecule has 0 bridgehead atoms. The van der Waals surface area contributed by atoms with E-state index < -0.39 is 10.1 Å². The number of nitrogens with zero attached hydrogens (tertiary/aromatic N) is 1.